The van der Waals surface area contributed by atoms with Crippen LogP contribution < -0.4 is 5.32 Å². The summed E-state index contributed by atoms with van der Waals surface area (Å²) in [5.41, 5.74) is 3.33. The Balaban J connectivity index is 1.98. The number of halogens is 1. The minimum absolute atomic E-state index is 0.0509. The zero-order chi connectivity index (χ0) is 13.4. The first-order valence-corrected chi connectivity index (χ1v) is 6.30. The van der Waals surface area contributed by atoms with Crippen molar-refractivity contribution in [3.8, 4) is 0 Å². The average molecular weight is 255 g/mol. The van der Waals surface area contributed by atoms with E-state index in [1.807, 2.05) is 24.3 Å². The number of fused-ring (bicyclic) bond motifs is 1. The van der Waals surface area contributed by atoms with Crippen molar-refractivity contribution in [2.24, 2.45) is 0 Å². The standard InChI is InChI=1S/C16H14FNO/c1-10-8-11(17)6-7-12(10)16(19)14-9-18-15-5-3-2-4-13(14)15/h2-8,14,18H,9H2,1H3. The fourth-order valence-electron chi connectivity index (χ4n) is 2.61. The van der Waals surface area contributed by atoms with Gasteiger partial charge in [0.25, 0.3) is 0 Å². The Morgan fingerprint density at radius 2 is 2.05 bits per heavy atom. The summed E-state index contributed by atoms with van der Waals surface area (Å²) in [5, 5.41) is 3.24. The lowest BCUT2D eigenvalue weighted by atomic mass is 9.90. The molecule has 0 saturated heterocycles. The zero-order valence-electron chi connectivity index (χ0n) is 10.6. The van der Waals surface area contributed by atoms with Gasteiger partial charge in [-0.15, -0.1) is 0 Å². The van der Waals surface area contributed by atoms with Crippen LogP contribution in [0.2, 0.25) is 0 Å². The highest BCUT2D eigenvalue weighted by Crippen LogP contribution is 2.33. The highest BCUT2D eigenvalue weighted by Gasteiger charge is 2.29. The number of carbonyl (C=O) groups excluding carboxylic acids is 1. The van der Waals surface area contributed by atoms with E-state index in [-0.39, 0.29) is 17.5 Å². The summed E-state index contributed by atoms with van der Waals surface area (Å²) in [4.78, 5) is 12.6. The Labute approximate surface area is 111 Å². The number of anilines is 1. The molecule has 2 nitrogen and oxygen atoms in total. The number of hydrogen-bond acceptors (Lipinski definition) is 2. The number of para-hydroxylation sites is 1. The fraction of sp³-hybridized carbons (Fsp3) is 0.188. The van der Waals surface area contributed by atoms with Crippen LogP contribution in [0.5, 0.6) is 0 Å². The Bertz CT molecular complexity index is 651. The topological polar surface area (TPSA) is 29.1 Å². The maximum Gasteiger partial charge on any atom is 0.172 e. The molecule has 3 heteroatoms. The number of hydrogen-bond donors (Lipinski definition) is 1. The SMILES string of the molecule is Cc1cc(F)ccc1C(=O)C1CNc2ccccc21. The third-order valence-electron chi connectivity index (χ3n) is 3.60. The molecule has 96 valence electrons. The third kappa shape index (κ3) is 2.01. The van der Waals surface area contributed by atoms with Crippen molar-refractivity contribution >= 4 is 11.5 Å². The van der Waals surface area contributed by atoms with Gasteiger partial charge in [-0.05, 0) is 42.3 Å². The molecule has 1 N–H and O–H groups in total. The molecule has 0 radical (unpaired) electrons. The van der Waals surface area contributed by atoms with Crippen LogP contribution in [0, 0.1) is 12.7 Å². The van der Waals surface area contributed by atoms with E-state index >= 15 is 0 Å². The van der Waals surface area contributed by atoms with E-state index in [9.17, 15) is 9.18 Å². The molecule has 1 aliphatic heterocycles. The average Bonchev–Trinajstić information content (AvgIpc) is 2.82. The van der Waals surface area contributed by atoms with Crippen molar-refractivity contribution < 1.29 is 9.18 Å². The Morgan fingerprint density at radius 1 is 1.26 bits per heavy atom. The number of nitrogens with one attached hydrogen (secondary N) is 1. The van der Waals surface area contributed by atoms with Gasteiger partial charge < -0.3 is 5.32 Å². The van der Waals surface area contributed by atoms with Crippen LogP contribution in [0.1, 0.15) is 27.4 Å². The molecule has 1 heterocycles. The van der Waals surface area contributed by atoms with Crippen molar-refractivity contribution in [1.29, 1.82) is 0 Å². The molecule has 3 rings (SSSR count). The van der Waals surface area contributed by atoms with E-state index in [0.717, 1.165) is 11.3 Å². The summed E-state index contributed by atoms with van der Waals surface area (Å²) in [6.45, 7) is 2.37. The van der Waals surface area contributed by atoms with Gasteiger partial charge in [0.1, 0.15) is 5.82 Å². The predicted octanol–water partition coefficient (Wildman–Crippen LogP) is 3.53. The van der Waals surface area contributed by atoms with Gasteiger partial charge >= 0.3 is 0 Å². The van der Waals surface area contributed by atoms with Crippen LogP contribution in [-0.2, 0) is 0 Å². The van der Waals surface area contributed by atoms with E-state index in [4.69, 9.17) is 0 Å². The minimum atomic E-state index is -0.306. The second-order valence-electron chi connectivity index (χ2n) is 4.84. The van der Waals surface area contributed by atoms with Gasteiger partial charge in [0.05, 0.1) is 5.92 Å². The summed E-state index contributed by atoms with van der Waals surface area (Å²) in [7, 11) is 0. The van der Waals surface area contributed by atoms with E-state index in [1.54, 1.807) is 13.0 Å². The van der Waals surface area contributed by atoms with Crippen molar-refractivity contribution in [2.75, 3.05) is 11.9 Å². The lowest BCUT2D eigenvalue weighted by Crippen LogP contribution is -2.16. The van der Waals surface area contributed by atoms with Gasteiger partial charge in [0.15, 0.2) is 5.78 Å². The molecular weight excluding hydrogens is 241 g/mol. The van der Waals surface area contributed by atoms with Crippen LogP contribution in [0.15, 0.2) is 42.5 Å². The lowest BCUT2D eigenvalue weighted by molar-refractivity contribution is 0.0966. The Hall–Kier alpha value is -2.16. The normalized spacial score (nSPS) is 16.8. The molecule has 0 aliphatic carbocycles. The van der Waals surface area contributed by atoms with Crippen LogP contribution in [0.4, 0.5) is 10.1 Å². The number of benzene rings is 2. The molecule has 0 saturated carbocycles. The number of ketones is 1. The van der Waals surface area contributed by atoms with Gasteiger partial charge in [0.2, 0.25) is 0 Å². The maximum absolute atomic E-state index is 13.1. The maximum atomic E-state index is 13.1. The quantitative estimate of drug-likeness (QED) is 0.832. The molecule has 0 aromatic heterocycles. The predicted molar refractivity (Wildman–Crippen MR) is 73.1 cm³/mol. The number of carbonyl (C=O) groups is 1. The lowest BCUT2D eigenvalue weighted by Gasteiger charge is -2.11. The molecule has 0 spiro atoms. The molecule has 2 aromatic rings. The molecular formula is C16H14FNO. The number of aryl methyl sites for hydroxylation is 1. The van der Waals surface area contributed by atoms with Gasteiger partial charge in [-0.2, -0.15) is 0 Å². The van der Waals surface area contributed by atoms with E-state index in [0.29, 0.717) is 17.7 Å². The molecule has 0 bridgehead atoms. The Kier molecular flexibility index (Phi) is 2.82. The van der Waals surface area contributed by atoms with Crippen LogP contribution in [-0.4, -0.2) is 12.3 Å². The second-order valence-corrected chi connectivity index (χ2v) is 4.84. The summed E-state index contributed by atoms with van der Waals surface area (Å²) < 4.78 is 13.1. The third-order valence-corrected chi connectivity index (χ3v) is 3.60. The monoisotopic (exact) mass is 255 g/mol. The summed E-state index contributed by atoms with van der Waals surface area (Å²) >= 11 is 0. The highest BCUT2D eigenvalue weighted by molar-refractivity contribution is 6.04. The molecule has 19 heavy (non-hydrogen) atoms. The van der Waals surface area contributed by atoms with Crippen LogP contribution in [0.3, 0.4) is 0 Å². The molecule has 1 aliphatic rings. The smallest absolute Gasteiger partial charge is 0.172 e. The van der Waals surface area contributed by atoms with Crippen LogP contribution >= 0.6 is 0 Å². The van der Waals surface area contributed by atoms with Crippen LogP contribution in [0.25, 0.3) is 0 Å². The van der Waals surface area contributed by atoms with Crippen molar-refractivity contribution in [3.63, 3.8) is 0 Å². The molecule has 1 atom stereocenters. The molecule has 2 aromatic carbocycles. The first kappa shape index (κ1) is 11.9. The first-order valence-electron chi connectivity index (χ1n) is 6.30. The van der Waals surface area contributed by atoms with Gasteiger partial charge in [-0.1, -0.05) is 18.2 Å². The van der Waals surface area contributed by atoms with E-state index in [2.05, 4.69) is 5.32 Å². The van der Waals surface area contributed by atoms with Crippen molar-refractivity contribution in [3.05, 3.63) is 65.0 Å². The number of Topliss-reactive ketones (excluding diaryl/α,β-unsaturated/α-hetero) is 1. The first-order chi connectivity index (χ1) is 9.16. The van der Waals surface area contributed by atoms with E-state index < -0.39 is 0 Å². The largest absolute Gasteiger partial charge is 0.384 e. The molecule has 1 unspecified atom stereocenters. The molecule has 0 fully saturated rings. The Morgan fingerprint density at radius 3 is 2.84 bits per heavy atom. The molecule has 0 amide bonds. The summed E-state index contributed by atoms with van der Waals surface area (Å²) in [6.07, 6.45) is 0. The second kappa shape index (κ2) is 4.50. The minimum Gasteiger partial charge on any atom is -0.384 e. The highest BCUT2D eigenvalue weighted by atomic mass is 19.1. The van der Waals surface area contributed by atoms with Gasteiger partial charge in [-0.3, -0.25) is 4.79 Å². The van der Waals surface area contributed by atoms with Crippen molar-refractivity contribution in [1.82, 2.24) is 0 Å². The summed E-state index contributed by atoms with van der Waals surface area (Å²) in [6, 6.07) is 12.1. The fourth-order valence-corrected chi connectivity index (χ4v) is 2.61. The van der Waals surface area contributed by atoms with Gasteiger partial charge in [0, 0.05) is 17.8 Å². The van der Waals surface area contributed by atoms with Crippen molar-refractivity contribution in [2.45, 2.75) is 12.8 Å². The van der Waals surface area contributed by atoms with Gasteiger partial charge in [-0.25, -0.2) is 4.39 Å². The zero-order valence-corrected chi connectivity index (χ0v) is 10.6. The number of rotatable bonds is 2. The summed E-state index contributed by atoms with van der Waals surface area (Å²) in [5.74, 6) is -0.436. The van der Waals surface area contributed by atoms with E-state index in [1.165, 1.54) is 12.1 Å².